The van der Waals surface area contributed by atoms with Crippen LogP contribution in [0.1, 0.15) is 45.7 Å². The lowest BCUT2D eigenvalue weighted by Crippen LogP contribution is -2.38. The van der Waals surface area contributed by atoms with Gasteiger partial charge in [-0.2, -0.15) is 0 Å². The van der Waals surface area contributed by atoms with E-state index in [1.165, 1.54) is 55.2 Å². The van der Waals surface area contributed by atoms with E-state index in [1.54, 1.807) is 0 Å². The molecule has 0 saturated carbocycles. The van der Waals surface area contributed by atoms with Gasteiger partial charge in [0.1, 0.15) is 0 Å². The molecule has 1 nitrogen and oxygen atoms in total. The van der Waals surface area contributed by atoms with Crippen LogP contribution in [0.4, 0.5) is 11.4 Å². The second-order valence-electron chi connectivity index (χ2n) is 11.1. The third kappa shape index (κ3) is 3.00. The number of hydrogen-bond donors (Lipinski definition) is 0. The lowest BCUT2D eigenvalue weighted by Gasteiger charge is -2.39. The summed E-state index contributed by atoms with van der Waals surface area (Å²) in [5.41, 5.74) is 7.94. The van der Waals surface area contributed by atoms with Crippen LogP contribution in [0.2, 0.25) is 0 Å². The second-order valence-corrected chi connectivity index (χ2v) is 11.1. The van der Waals surface area contributed by atoms with Crippen LogP contribution in [-0.2, 0) is 5.41 Å². The Balaban J connectivity index is 1.62. The summed E-state index contributed by atoms with van der Waals surface area (Å²) in [6, 6.07) is 35.9. The molecule has 0 aliphatic heterocycles. The maximum absolute atomic E-state index is 2.53. The summed E-state index contributed by atoms with van der Waals surface area (Å²) in [5, 5.41) is 5.18. The SMILES string of the molecule is CC1(C)c2ccccc2-c2ccc(N(c3cc4ccccc4c4ccccc34)C(C)(C)C)cc21. The van der Waals surface area contributed by atoms with Crippen LogP contribution in [0.3, 0.4) is 0 Å². The predicted molar refractivity (Wildman–Crippen MR) is 147 cm³/mol. The highest BCUT2D eigenvalue weighted by Crippen LogP contribution is 2.51. The van der Waals surface area contributed by atoms with Crippen molar-refractivity contribution in [3.8, 4) is 11.1 Å². The first kappa shape index (κ1) is 21.0. The van der Waals surface area contributed by atoms with Gasteiger partial charge < -0.3 is 4.90 Å². The zero-order valence-corrected chi connectivity index (χ0v) is 20.7. The first-order valence-corrected chi connectivity index (χ1v) is 12.2. The number of hydrogen-bond acceptors (Lipinski definition) is 1. The molecular weight excluding hydrogens is 410 g/mol. The number of fused-ring (bicyclic) bond motifs is 6. The van der Waals surface area contributed by atoms with E-state index < -0.39 is 0 Å². The van der Waals surface area contributed by atoms with Gasteiger partial charge in [0.2, 0.25) is 0 Å². The Bertz CT molecular complexity index is 1570. The van der Waals surface area contributed by atoms with E-state index >= 15 is 0 Å². The molecule has 0 unspecified atom stereocenters. The van der Waals surface area contributed by atoms with Gasteiger partial charge in [-0.05, 0) is 77.4 Å². The topological polar surface area (TPSA) is 3.24 Å². The van der Waals surface area contributed by atoms with Crippen molar-refractivity contribution in [3.05, 3.63) is 108 Å². The fraction of sp³-hybridized carbons (Fsp3) is 0.212. The molecule has 0 fully saturated rings. The fourth-order valence-electron chi connectivity index (χ4n) is 5.94. The molecule has 5 aromatic carbocycles. The van der Waals surface area contributed by atoms with Crippen LogP contribution in [0.25, 0.3) is 32.7 Å². The van der Waals surface area contributed by atoms with E-state index in [2.05, 4.69) is 137 Å². The van der Waals surface area contributed by atoms with E-state index in [-0.39, 0.29) is 11.0 Å². The molecule has 0 spiro atoms. The molecule has 1 heteroatoms. The summed E-state index contributed by atoms with van der Waals surface area (Å²) in [6.45, 7) is 11.6. The average Bonchev–Trinajstić information content (AvgIpc) is 3.05. The average molecular weight is 442 g/mol. The summed E-state index contributed by atoms with van der Waals surface area (Å²) < 4.78 is 0. The summed E-state index contributed by atoms with van der Waals surface area (Å²) in [5.74, 6) is 0. The van der Waals surface area contributed by atoms with Crippen molar-refractivity contribution in [1.82, 2.24) is 0 Å². The monoisotopic (exact) mass is 441 g/mol. The van der Waals surface area contributed by atoms with Crippen LogP contribution >= 0.6 is 0 Å². The molecular formula is C33H31N. The highest BCUT2D eigenvalue weighted by molar-refractivity contribution is 6.13. The van der Waals surface area contributed by atoms with Gasteiger partial charge in [0, 0.05) is 22.0 Å². The van der Waals surface area contributed by atoms with Gasteiger partial charge in [-0.25, -0.2) is 0 Å². The van der Waals surface area contributed by atoms with Crippen LogP contribution in [0, 0.1) is 0 Å². The van der Waals surface area contributed by atoms with Gasteiger partial charge in [-0.3, -0.25) is 0 Å². The minimum absolute atomic E-state index is 0.0169. The summed E-state index contributed by atoms with van der Waals surface area (Å²) in [6.07, 6.45) is 0. The molecule has 0 atom stereocenters. The first-order chi connectivity index (χ1) is 16.3. The van der Waals surface area contributed by atoms with E-state index in [0.717, 1.165) is 0 Å². The highest BCUT2D eigenvalue weighted by atomic mass is 15.2. The van der Waals surface area contributed by atoms with Gasteiger partial charge in [-0.15, -0.1) is 0 Å². The standard InChI is InChI=1S/C33H31N/c1-32(2,3)34(31-20-22-12-6-7-13-24(22)25-14-8-9-16-28(25)31)23-18-19-27-26-15-10-11-17-29(26)33(4,5)30(27)21-23/h6-21H,1-5H3. The Kier molecular flexibility index (Phi) is 4.45. The van der Waals surface area contributed by atoms with Gasteiger partial charge in [0.25, 0.3) is 0 Å². The predicted octanol–water partition coefficient (Wildman–Crippen LogP) is 9.24. The van der Waals surface area contributed by atoms with Crippen molar-refractivity contribution in [2.75, 3.05) is 4.90 Å². The smallest absolute Gasteiger partial charge is 0.0501 e. The normalized spacial score (nSPS) is 14.3. The van der Waals surface area contributed by atoms with Crippen molar-refractivity contribution in [2.45, 2.75) is 45.6 Å². The van der Waals surface area contributed by atoms with Crippen LogP contribution in [0.15, 0.2) is 97.1 Å². The molecule has 1 aliphatic rings. The van der Waals surface area contributed by atoms with Crippen molar-refractivity contribution < 1.29 is 0 Å². The third-order valence-electron chi connectivity index (χ3n) is 7.48. The second kappa shape index (κ2) is 7.21. The molecule has 0 amide bonds. The van der Waals surface area contributed by atoms with Crippen molar-refractivity contribution in [1.29, 1.82) is 0 Å². The lowest BCUT2D eigenvalue weighted by molar-refractivity contribution is 0.561. The zero-order chi connectivity index (χ0) is 23.7. The number of anilines is 2. The summed E-state index contributed by atoms with van der Waals surface area (Å²) >= 11 is 0. The number of rotatable bonds is 2. The van der Waals surface area contributed by atoms with E-state index in [1.807, 2.05) is 0 Å². The van der Waals surface area contributed by atoms with Gasteiger partial charge in [0.15, 0.2) is 0 Å². The highest BCUT2D eigenvalue weighted by Gasteiger charge is 2.36. The maximum atomic E-state index is 2.53. The molecule has 5 aromatic rings. The Morgan fingerprint density at radius 2 is 1.21 bits per heavy atom. The molecule has 1 aliphatic carbocycles. The minimum Gasteiger partial charge on any atom is -0.336 e. The van der Waals surface area contributed by atoms with Gasteiger partial charge in [-0.1, -0.05) is 92.7 Å². The van der Waals surface area contributed by atoms with Crippen molar-refractivity contribution in [3.63, 3.8) is 0 Å². The Labute approximate surface area is 202 Å². The van der Waals surface area contributed by atoms with Crippen LogP contribution in [-0.4, -0.2) is 5.54 Å². The maximum Gasteiger partial charge on any atom is 0.0501 e. The third-order valence-corrected chi connectivity index (χ3v) is 7.48. The quantitative estimate of drug-likeness (QED) is 0.247. The minimum atomic E-state index is -0.102. The molecule has 0 radical (unpaired) electrons. The molecule has 0 N–H and O–H groups in total. The molecule has 0 bridgehead atoms. The number of nitrogens with zero attached hydrogens (tertiary/aromatic N) is 1. The van der Waals surface area contributed by atoms with E-state index in [4.69, 9.17) is 0 Å². The van der Waals surface area contributed by atoms with Gasteiger partial charge in [0.05, 0.1) is 5.69 Å². The molecule has 6 rings (SSSR count). The Morgan fingerprint density at radius 3 is 1.97 bits per heavy atom. The van der Waals surface area contributed by atoms with Gasteiger partial charge >= 0.3 is 0 Å². The Morgan fingerprint density at radius 1 is 0.588 bits per heavy atom. The van der Waals surface area contributed by atoms with E-state index in [0.29, 0.717) is 0 Å². The van der Waals surface area contributed by atoms with Crippen molar-refractivity contribution >= 4 is 32.9 Å². The van der Waals surface area contributed by atoms with Crippen molar-refractivity contribution in [2.24, 2.45) is 0 Å². The Hall–Kier alpha value is -3.58. The number of benzene rings is 5. The fourth-order valence-corrected chi connectivity index (χ4v) is 5.94. The van der Waals surface area contributed by atoms with Crippen LogP contribution < -0.4 is 4.90 Å². The van der Waals surface area contributed by atoms with E-state index in [9.17, 15) is 0 Å². The summed E-state index contributed by atoms with van der Waals surface area (Å²) in [7, 11) is 0. The molecule has 34 heavy (non-hydrogen) atoms. The largest absolute Gasteiger partial charge is 0.336 e. The lowest BCUT2D eigenvalue weighted by atomic mass is 9.82. The summed E-state index contributed by atoms with van der Waals surface area (Å²) in [4.78, 5) is 2.53. The zero-order valence-electron chi connectivity index (χ0n) is 20.7. The molecule has 0 aromatic heterocycles. The van der Waals surface area contributed by atoms with Crippen LogP contribution in [0.5, 0.6) is 0 Å². The molecule has 0 saturated heterocycles. The molecule has 0 heterocycles. The first-order valence-electron chi connectivity index (χ1n) is 12.2. The molecule has 168 valence electrons.